The van der Waals surface area contributed by atoms with Gasteiger partial charge in [-0.1, -0.05) is 23.8 Å². The molecular formula is C21H29N3O. The number of hydrogen-bond donors (Lipinski definition) is 0. The van der Waals surface area contributed by atoms with Crippen LogP contribution in [0.2, 0.25) is 0 Å². The third-order valence-corrected chi connectivity index (χ3v) is 5.42. The van der Waals surface area contributed by atoms with Crippen LogP contribution in [-0.2, 0) is 17.8 Å². The molecule has 1 atom stereocenters. The second-order valence-corrected chi connectivity index (χ2v) is 7.30. The van der Waals surface area contributed by atoms with Gasteiger partial charge < -0.3 is 9.47 Å². The highest BCUT2D eigenvalue weighted by Gasteiger charge is 2.26. The van der Waals surface area contributed by atoms with Crippen molar-refractivity contribution in [3.63, 3.8) is 0 Å². The maximum absolute atomic E-state index is 13.0. The Morgan fingerprint density at radius 2 is 2.08 bits per heavy atom. The number of likely N-dealkylation sites (tertiary alicyclic amines) is 1. The van der Waals surface area contributed by atoms with Gasteiger partial charge in [-0.3, -0.25) is 4.79 Å². The number of carbonyl (C=O) groups is 1. The van der Waals surface area contributed by atoms with Gasteiger partial charge in [0.1, 0.15) is 5.82 Å². The van der Waals surface area contributed by atoms with Gasteiger partial charge in [0.05, 0.1) is 6.42 Å². The molecule has 134 valence electrons. The van der Waals surface area contributed by atoms with Crippen LogP contribution in [0.5, 0.6) is 0 Å². The van der Waals surface area contributed by atoms with Crippen LogP contribution in [0.3, 0.4) is 0 Å². The van der Waals surface area contributed by atoms with Gasteiger partial charge in [-0.15, -0.1) is 0 Å². The zero-order valence-corrected chi connectivity index (χ0v) is 15.7. The molecule has 4 nitrogen and oxygen atoms in total. The quantitative estimate of drug-likeness (QED) is 0.830. The summed E-state index contributed by atoms with van der Waals surface area (Å²) in [4.78, 5) is 19.4. The first-order chi connectivity index (χ1) is 12.0. The lowest BCUT2D eigenvalue weighted by atomic mass is 9.97. The molecule has 0 aliphatic carbocycles. The molecule has 1 fully saturated rings. The van der Waals surface area contributed by atoms with E-state index in [1.54, 1.807) is 0 Å². The number of imidazole rings is 1. The fourth-order valence-corrected chi connectivity index (χ4v) is 3.81. The van der Waals surface area contributed by atoms with E-state index in [-0.39, 0.29) is 5.91 Å². The Labute approximate surface area is 150 Å². The summed E-state index contributed by atoms with van der Waals surface area (Å²) in [6.07, 6.45) is 8.87. The average Bonchev–Trinajstić information content (AvgIpc) is 3.01. The Balaban J connectivity index is 1.66. The van der Waals surface area contributed by atoms with Crippen LogP contribution >= 0.6 is 0 Å². The largest absolute Gasteiger partial charge is 0.339 e. The maximum Gasteiger partial charge on any atom is 0.227 e. The van der Waals surface area contributed by atoms with Crippen LogP contribution in [0, 0.1) is 20.8 Å². The van der Waals surface area contributed by atoms with Crippen molar-refractivity contribution in [1.29, 1.82) is 0 Å². The van der Waals surface area contributed by atoms with E-state index in [9.17, 15) is 4.79 Å². The van der Waals surface area contributed by atoms with Crippen LogP contribution in [0.25, 0.3) is 0 Å². The molecule has 0 N–H and O–H groups in total. The highest BCUT2D eigenvalue weighted by atomic mass is 16.2. The predicted octanol–water partition coefficient (Wildman–Crippen LogP) is 3.82. The molecule has 1 aromatic carbocycles. The Morgan fingerprint density at radius 1 is 1.24 bits per heavy atom. The molecule has 0 saturated carbocycles. The molecule has 1 aliphatic heterocycles. The van der Waals surface area contributed by atoms with Gasteiger partial charge in [-0.25, -0.2) is 4.98 Å². The molecule has 25 heavy (non-hydrogen) atoms. The smallest absolute Gasteiger partial charge is 0.227 e. The molecule has 4 heteroatoms. The number of carbonyl (C=O) groups excluding carboxylic acids is 1. The summed E-state index contributed by atoms with van der Waals surface area (Å²) in [5.41, 5.74) is 3.60. The van der Waals surface area contributed by atoms with Gasteiger partial charge in [-0.2, -0.15) is 0 Å². The summed E-state index contributed by atoms with van der Waals surface area (Å²) in [5.74, 6) is 1.32. The topological polar surface area (TPSA) is 38.1 Å². The third kappa shape index (κ3) is 4.30. The van der Waals surface area contributed by atoms with E-state index in [0.717, 1.165) is 38.2 Å². The first kappa shape index (κ1) is 17.7. The molecule has 0 spiro atoms. The number of rotatable bonds is 5. The minimum Gasteiger partial charge on any atom is -0.339 e. The second kappa shape index (κ2) is 7.85. The van der Waals surface area contributed by atoms with Gasteiger partial charge in [0.2, 0.25) is 5.91 Å². The van der Waals surface area contributed by atoms with E-state index in [2.05, 4.69) is 46.5 Å². The summed E-state index contributed by atoms with van der Waals surface area (Å²) in [7, 11) is 0. The lowest BCUT2D eigenvalue weighted by molar-refractivity contribution is -0.134. The monoisotopic (exact) mass is 339 g/mol. The fourth-order valence-electron chi connectivity index (χ4n) is 3.81. The molecule has 1 unspecified atom stereocenters. The number of aryl methyl sites for hydroxylation is 4. The number of amides is 1. The van der Waals surface area contributed by atoms with Crippen LogP contribution in [-0.4, -0.2) is 32.9 Å². The molecule has 3 rings (SSSR count). The van der Waals surface area contributed by atoms with Crippen molar-refractivity contribution >= 4 is 5.91 Å². The van der Waals surface area contributed by atoms with Crippen molar-refractivity contribution in [2.75, 3.05) is 6.54 Å². The number of nitrogens with zero attached hydrogens (tertiary/aromatic N) is 3. The molecule has 2 heterocycles. The van der Waals surface area contributed by atoms with Crippen molar-refractivity contribution in [2.24, 2.45) is 0 Å². The van der Waals surface area contributed by atoms with Gasteiger partial charge >= 0.3 is 0 Å². The van der Waals surface area contributed by atoms with Gasteiger partial charge in [0, 0.05) is 31.5 Å². The molecule has 1 aliphatic rings. The summed E-state index contributed by atoms with van der Waals surface area (Å²) in [5, 5.41) is 0. The highest BCUT2D eigenvalue weighted by Crippen LogP contribution is 2.22. The zero-order chi connectivity index (χ0) is 17.8. The minimum absolute atomic E-state index is 0.278. The van der Waals surface area contributed by atoms with E-state index in [0.29, 0.717) is 12.5 Å². The van der Waals surface area contributed by atoms with E-state index >= 15 is 0 Å². The number of piperidine rings is 1. The third-order valence-electron chi connectivity index (χ3n) is 5.42. The predicted molar refractivity (Wildman–Crippen MR) is 101 cm³/mol. The molecule has 1 aromatic heterocycles. The summed E-state index contributed by atoms with van der Waals surface area (Å²) >= 11 is 0. The van der Waals surface area contributed by atoms with E-state index < -0.39 is 0 Å². The van der Waals surface area contributed by atoms with E-state index in [4.69, 9.17) is 0 Å². The second-order valence-electron chi connectivity index (χ2n) is 7.30. The molecular weight excluding hydrogens is 310 g/mol. The van der Waals surface area contributed by atoms with Crippen molar-refractivity contribution in [2.45, 2.75) is 65.5 Å². The fraction of sp³-hybridized carbons (Fsp3) is 0.524. The molecule has 0 radical (unpaired) electrons. The number of benzene rings is 1. The highest BCUT2D eigenvalue weighted by molar-refractivity contribution is 5.79. The Bertz CT molecular complexity index is 734. The summed E-state index contributed by atoms with van der Waals surface area (Å²) < 4.78 is 2.18. The SMILES string of the molecule is Cc1ccc(C)c(CC(=O)N2CCCCC2CCn2ccnc2C)c1. The van der Waals surface area contributed by atoms with Gasteiger partial charge in [-0.05, 0) is 57.6 Å². The van der Waals surface area contributed by atoms with Crippen molar-refractivity contribution in [3.8, 4) is 0 Å². The zero-order valence-electron chi connectivity index (χ0n) is 15.7. The standard InChI is InChI=1S/C21H29N3O/c1-16-7-8-17(2)19(14-16)15-21(25)24-11-5-4-6-20(24)9-12-23-13-10-22-18(23)3/h7-8,10,13-14,20H,4-6,9,11-12,15H2,1-3H3. The minimum atomic E-state index is 0.278. The first-order valence-electron chi connectivity index (χ1n) is 9.38. The first-order valence-corrected chi connectivity index (χ1v) is 9.38. The summed E-state index contributed by atoms with van der Waals surface area (Å²) in [6.45, 7) is 8.05. The molecule has 1 amide bonds. The van der Waals surface area contributed by atoms with Crippen LogP contribution in [0.1, 0.15) is 48.2 Å². The Kier molecular flexibility index (Phi) is 5.57. The van der Waals surface area contributed by atoms with Gasteiger partial charge in [0.25, 0.3) is 0 Å². The molecule has 0 bridgehead atoms. The average molecular weight is 339 g/mol. The van der Waals surface area contributed by atoms with Gasteiger partial charge in [0.15, 0.2) is 0 Å². The summed E-state index contributed by atoms with van der Waals surface area (Å²) in [6, 6.07) is 6.74. The van der Waals surface area contributed by atoms with Crippen LogP contribution in [0.4, 0.5) is 0 Å². The maximum atomic E-state index is 13.0. The molecule has 2 aromatic rings. The lowest BCUT2D eigenvalue weighted by Crippen LogP contribution is -2.45. The Morgan fingerprint density at radius 3 is 2.84 bits per heavy atom. The number of aromatic nitrogens is 2. The lowest BCUT2D eigenvalue weighted by Gasteiger charge is -2.36. The van der Waals surface area contributed by atoms with Crippen molar-refractivity contribution in [3.05, 3.63) is 53.1 Å². The normalized spacial score (nSPS) is 17.7. The van der Waals surface area contributed by atoms with E-state index in [1.165, 1.54) is 23.1 Å². The van der Waals surface area contributed by atoms with Crippen LogP contribution in [0.15, 0.2) is 30.6 Å². The molecule has 1 saturated heterocycles. The van der Waals surface area contributed by atoms with E-state index in [1.807, 2.05) is 19.3 Å². The van der Waals surface area contributed by atoms with Crippen LogP contribution < -0.4 is 0 Å². The van der Waals surface area contributed by atoms with Crippen molar-refractivity contribution in [1.82, 2.24) is 14.5 Å². The number of hydrogen-bond acceptors (Lipinski definition) is 2. The van der Waals surface area contributed by atoms with Crippen molar-refractivity contribution < 1.29 is 4.79 Å². The Hall–Kier alpha value is -2.10.